The molecule has 0 fully saturated rings. The first-order valence-corrected chi connectivity index (χ1v) is 11.1. The van der Waals surface area contributed by atoms with Crippen molar-refractivity contribution in [1.29, 1.82) is 0 Å². The van der Waals surface area contributed by atoms with Gasteiger partial charge in [0.2, 0.25) is 11.8 Å². The quantitative estimate of drug-likeness (QED) is 0.516. The van der Waals surface area contributed by atoms with Gasteiger partial charge in [-0.05, 0) is 61.1 Å². The lowest BCUT2D eigenvalue weighted by atomic mass is 9.95. The Hall–Kier alpha value is -3.40. The maximum absolute atomic E-state index is 13.6. The Morgan fingerprint density at radius 1 is 1.21 bits per heavy atom. The van der Waals surface area contributed by atoms with Crippen LogP contribution >= 0.6 is 0 Å². The van der Waals surface area contributed by atoms with E-state index in [1.54, 1.807) is 19.1 Å². The van der Waals surface area contributed by atoms with Crippen molar-refractivity contribution in [3.05, 3.63) is 64.6 Å². The van der Waals surface area contributed by atoms with Gasteiger partial charge < -0.3 is 21.7 Å². The molecule has 0 saturated heterocycles. The minimum Gasteiger partial charge on any atom is -0.384 e. The summed E-state index contributed by atoms with van der Waals surface area (Å²) in [6.45, 7) is 2.02. The normalized spacial score (nSPS) is 20.4. The fraction of sp³-hybridized carbons (Fsp3) is 0.375. The van der Waals surface area contributed by atoms with Gasteiger partial charge in [0.15, 0.2) is 0 Å². The van der Waals surface area contributed by atoms with Crippen LogP contribution in [0.4, 0.5) is 19.0 Å². The van der Waals surface area contributed by atoms with Crippen LogP contribution in [0, 0.1) is 5.82 Å². The Morgan fingerprint density at radius 3 is 2.76 bits per heavy atom. The molecule has 180 valence electrons. The predicted molar refractivity (Wildman–Crippen MR) is 121 cm³/mol. The summed E-state index contributed by atoms with van der Waals surface area (Å²) in [6.07, 6.45) is 0.596. The van der Waals surface area contributed by atoms with E-state index >= 15 is 0 Å². The summed E-state index contributed by atoms with van der Waals surface area (Å²) in [5.74, 6) is -1.28. The number of alkyl halides is 2. The first kappa shape index (κ1) is 23.7. The monoisotopic (exact) mass is 473 g/mol. The third-order valence-corrected chi connectivity index (χ3v) is 6.16. The molecular weight excluding hydrogens is 447 g/mol. The molecule has 0 radical (unpaired) electrons. The molecule has 4 rings (SSSR count). The van der Waals surface area contributed by atoms with Gasteiger partial charge in [0.05, 0.1) is 11.6 Å². The molecule has 1 aliphatic heterocycles. The summed E-state index contributed by atoms with van der Waals surface area (Å²) in [4.78, 5) is 29.8. The summed E-state index contributed by atoms with van der Waals surface area (Å²) in [7, 11) is 0. The van der Waals surface area contributed by atoms with E-state index in [1.165, 1.54) is 6.07 Å². The molecule has 2 heterocycles. The number of nitrogens with two attached hydrogens (primary N) is 1. The van der Waals surface area contributed by atoms with Gasteiger partial charge in [-0.1, -0.05) is 18.2 Å². The summed E-state index contributed by atoms with van der Waals surface area (Å²) in [5.41, 5.74) is 7.93. The Kier molecular flexibility index (Phi) is 6.87. The third kappa shape index (κ3) is 5.06. The molecule has 1 aromatic carbocycles. The largest absolute Gasteiger partial charge is 0.384 e. The summed E-state index contributed by atoms with van der Waals surface area (Å²) < 4.78 is 39.8. The average molecular weight is 473 g/mol. The van der Waals surface area contributed by atoms with Crippen LogP contribution in [0.3, 0.4) is 0 Å². The van der Waals surface area contributed by atoms with Crippen LogP contribution < -0.4 is 21.7 Å². The highest BCUT2D eigenvalue weighted by atomic mass is 19.3. The minimum atomic E-state index is -2.93. The molecule has 1 aliphatic carbocycles. The van der Waals surface area contributed by atoms with Gasteiger partial charge >= 0.3 is 0 Å². The smallest absolute Gasteiger partial charge is 0.266 e. The van der Waals surface area contributed by atoms with E-state index in [4.69, 9.17) is 5.73 Å². The number of nitrogens with one attached hydrogen (secondary N) is 3. The van der Waals surface area contributed by atoms with Crippen LogP contribution in [0.5, 0.6) is 0 Å². The number of nitrogens with zero attached hydrogens (tertiary/aromatic N) is 1. The summed E-state index contributed by atoms with van der Waals surface area (Å²) in [5, 5.41) is 8.68. The van der Waals surface area contributed by atoms with Gasteiger partial charge in [-0.2, -0.15) is 0 Å². The number of benzene rings is 1. The number of carbonyl (C=O) groups excluding carboxylic acids is 2. The topological polar surface area (TPSA) is 109 Å². The number of amides is 2. The minimum absolute atomic E-state index is 0.197. The van der Waals surface area contributed by atoms with Crippen molar-refractivity contribution in [3.8, 4) is 0 Å². The maximum atomic E-state index is 13.6. The van der Waals surface area contributed by atoms with E-state index in [1.807, 2.05) is 6.07 Å². The van der Waals surface area contributed by atoms with Crippen molar-refractivity contribution in [2.45, 2.75) is 50.7 Å². The van der Waals surface area contributed by atoms with Crippen LogP contribution in [0.15, 0.2) is 36.4 Å². The zero-order valence-electron chi connectivity index (χ0n) is 18.6. The van der Waals surface area contributed by atoms with Gasteiger partial charge in [0, 0.05) is 12.2 Å². The van der Waals surface area contributed by atoms with Crippen LogP contribution in [-0.4, -0.2) is 35.4 Å². The first-order valence-electron chi connectivity index (χ1n) is 11.1. The van der Waals surface area contributed by atoms with Crippen molar-refractivity contribution in [3.63, 3.8) is 0 Å². The molecular formula is C24H26F3N5O2. The Bertz CT molecular complexity index is 1140. The second kappa shape index (κ2) is 9.84. The number of rotatable bonds is 6. The second-order valence-electron chi connectivity index (χ2n) is 8.51. The second-order valence-corrected chi connectivity index (χ2v) is 8.51. The van der Waals surface area contributed by atoms with Gasteiger partial charge in [-0.25, -0.2) is 18.2 Å². The summed E-state index contributed by atoms with van der Waals surface area (Å²) >= 11 is 0. The molecule has 0 spiro atoms. The van der Waals surface area contributed by atoms with Crippen molar-refractivity contribution in [2.75, 3.05) is 12.3 Å². The lowest BCUT2D eigenvalue weighted by Gasteiger charge is -2.25. The SMILES string of the molecule is CC(NC(=O)[C@@H]1C=C(c2ccc(F)c(C(F)F)c2)CCN1)C(=O)N[C@@H]1CCc2nc(N)ccc21. The molecule has 2 aromatic rings. The summed E-state index contributed by atoms with van der Waals surface area (Å²) in [6, 6.07) is 5.34. The van der Waals surface area contributed by atoms with E-state index in [0.29, 0.717) is 42.8 Å². The van der Waals surface area contributed by atoms with Crippen molar-refractivity contribution in [2.24, 2.45) is 0 Å². The first-order chi connectivity index (χ1) is 16.2. The number of hydrogen-bond acceptors (Lipinski definition) is 5. The van der Waals surface area contributed by atoms with Crippen LogP contribution in [0.2, 0.25) is 0 Å². The highest BCUT2D eigenvalue weighted by Gasteiger charge is 2.29. The van der Waals surface area contributed by atoms with Gasteiger partial charge in [-0.3, -0.25) is 9.59 Å². The lowest BCUT2D eigenvalue weighted by Crippen LogP contribution is -2.52. The molecule has 0 bridgehead atoms. The number of aromatic nitrogens is 1. The van der Waals surface area contributed by atoms with Gasteiger partial charge in [-0.15, -0.1) is 0 Å². The molecule has 7 nitrogen and oxygen atoms in total. The number of hydrogen-bond donors (Lipinski definition) is 4. The molecule has 1 unspecified atom stereocenters. The molecule has 3 atom stereocenters. The number of nitrogen functional groups attached to an aromatic ring is 1. The van der Waals surface area contributed by atoms with E-state index in [0.717, 1.165) is 23.4 Å². The number of carbonyl (C=O) groups is 2. The third-order valence-electron chi connectivity index (χ3n) is 6.16. The van der Waals surface area contributed by atoms with E-state index in [-0.39, 0.29) is 11.9 Å². The van der Waals surface area contributed by atoms with E-state index in [9.17, 15) is 22.8 Å². The predicted octanol–water partition coefficient (Wildman–Crippen LogP) is 2.79. The highest BCUT2D eigenvalue weighted by molar-refractivity contribution is 5.92. The van der Waals surface area contributed by atoms with Crippen molar-refractivity contribution < 1.29 is 22.8 Å². The Balaban J connectivity index is 1.39. The standard InChI is InChI=1S/C24H26F3N5O2/c1-12(23(33)32-19-6-5-18-15(19)3-7-21(28)31-18)30-24(34)20-11-14(8-9-29-20)13-2-4-17(25)16(10-13)22(26)27/h2-4,7,10-12,19-20,22,29H,5-6,8-9H2,1H3,(H2,28,31)(H,30,34)(H,32,33)/t12?,19-,20+/m1/s1. The van der Waals surface area contributed by atoms with Crippen LogP contribution in [0.25, 0.3) is 5.57 Å². The molecule has 1 aromatic heterocycles. The number of pyridine rings is 1. The fourth-order valence-corrected chi connectivity index (χ4v) is 4.32. The Labute approximate surface area is 195 Å². The van der Waals surface area contributed by atoms with Crippen LogP contribution in [0.1, 0.15) is 54.6 Å². The molecule has 2 aliphatic rings. The zero-order chi connectivity index (χ0) is 24.4. The lowest BCUT2D eigenvalue weighted by molar-refractivity contribution is -0.129. The van der Waals surface area contributed by atoms with Crippen LogP contribution in [-0.2, 0) is 16.0 Å². The van der Waals surface area contributed by atoms with Gasteiger partial charge in [0.1, 0.15) is 23.7 Å². The number of aryl methyl sites for hydroxylation is 1. The average Bonchev–Trinajstić information content (AvgIpc) is 3.20. The molecule has 5 N–H and O–H groups in total. The zero-order valence-corrected chi connectivity index (χ0v) is 18.6. The van der Waals surface area contributed by atoms with Gasteiger partial charge in [0.25, 0.3) is 6.43 Å². The molecule has 0 saturated carbocycles. The molecule has 34 heavy (non-hydrogen) atoms. The molecule has 10 heteroatoms. The molecule has 2 amide bonds. The number of fused-ring (bicyclic) bond motifs is 1. The van der Waals surface area contributed by atoms with Crippen molar-refractivity contribution >= 4 is 23.2 Å². The number of anilines is 1. The van der Waals surface area contributed by atoms with Crippen molar-refractivity contribution in [1.82, 2.24) is 20.9 Å². The highest BCUT2D eigenvalue weighted by Crippen LogP contribution is 2.31. The number of halogens is 3. The Morgan fingerprint density at radius 2 is 2.00 bits per heavy atom. The van der Waals surface area contributed by atoms with E-state index in [2.05, 4.69) is 20.9 Å². The maximum Gasteiger partial charge on any atom is 0.266 e. The fourth-order valence-electron chi connectivity index (χ4n) is 4.32. The van der Waals surface area contributed by atoms with E-state index < -0.39 is 35.8 Å².